The zero-order chi connectivity index (χ0) is 36.9. The van der Waals surface area contributed by atoms with Gasteiger partial charge in [0, 0.05) is 0 Å². The second-order valence-corrected chi connectivity index (χ2v) is 18.2. The molecule has 7 aromatic carbocycles. The van der Waals surface area contributed by atoms with Crippen molar-refractivity contribution < 1.29 is 5.48 Å². The molecule has 9 nitrogen and oxygen atoms in total. The largest absolute Gasteiger partial charge is 0.412 e. The first kappa shape index (κ1) is 32.1. The molecule has 8 aromatic rings. The molecule has 0 saturated carbocycles. The fourth-order valence-electron chi connectivity index (χ4n) is 9.51. The second kappa shape index (κ2) is 11.5. The first-order valence-electron chi connectivity index (χ1n) is 19.3. The van der Waals surface area contributed by atoms with Crippen LogP contribution in [0.15, 0.2) is 175 Å². The molecule has 0 spiro atoms. The van der Waals surface area contributed by atoms with E-state index in [-0.39, 0.29) is 17.6 Å². The van der Waals surface area contributed by atoms with Crippen LogP contribution in [0.2, 0.25) is 0 Å². The maximum absolute atomic E-state index is 5.68. The van der Waals surface area contributed by atoms with Crippen LogP contribution in [-0.2, 0) is 0 Å². The van der Waals surface area contributed by atoms with Crippen LogP contribution in [0.3, 0.4) is 0 Å². The first-order chi connectivity index (χ1) is 28.2. The van der Waals surface area contributed by atoms with Gasteiger partial charge in [-0.15, -0.1) is 0 Å². The van der Waals surface area contributed by atoms with Crippen LogP contribution in [0.4, 0.5) is 0 Å². The molecule has 1 radical (unpaired) electrons. The molecule has 2 N–H and O–H groups in total. The van der Waals surface area contributed by atoms with Gasteiger partial charge in [0.1, 0.15) is 0 Å². The van der Waals surface area contributed by atoms with Crippen LogP contribution in [0, 0.1) is 5.92 Å². The van der Waals surface area contributed by atoms with Gasteiger partial charge in [-0.3, -0.25) is 0 Å². The average Bonchev–Trinajstić information content (AvgIpc) is 3.93. The van der Waals surface area contributed by atoms with E-state index in [4.69, 9.17) is 30.0 Å². The minimum atomic E-state index is -1.72. The van der Waals surface area contributed by atoms with E-state index in [1.807, 2.05) is 0 Å². The SMILES string of the molecule is C1=c2ccccc2=CC2C1=C1N=C3N=C(N=c4c5cc6ccccc6cc5c5[n]4[Ga][N]1C2N=C1N=C(N=5)c2cc4ccccc4cc21)c1cc2ccccc2cc13.O. The van der Waals surface area contributed by atoms with Gasteiger partial charge >= 0.3 is 334 Å². The zero-order valence-corrected chi connectivity index (χ0v) is 33.1. The summed E-state index contributed by atoms with van der Waals surface area (Å²) in [5, 5.41) is 11.4. The molecule has 0 amide bonds. The molecule has 0 saturated heterocycles. The van der Waals surface area contributed by atoms with Crippen LogP contribution >= 0.6 is 0 Å². The third kappa shape index (κ3) is 4.36. The Morgan fingerprint density at radius 3 is 1.47 bits per heavy atom. The van der Waals surface area contributed by atoms with E-state index in [9.17, 15) is 0 Å². The van der Waals surface area contributed by atoms with Crippen LogP contribution < -0.4 is 21.4 Å². The van der Waals surface area contributed by atoms with Gasteiger partial charge < -0.3 is 5.48 Å². The summed E-state index contributed by atoms with van der Waals surface area (Å²) in [5.74, 6) is 3.61. The van der Waals surface area contributed by atoms with E-state index in [0.29, 0.717) is 23.3 Å². The number of aliphatic imine (C=N–C) groups is 4. The number of nitrogens with zero attached hydrogens (tertiary/aromatic N) is 8. The summed E-state index contributed by atoms with van der Waals surface area (Å²) in [7, 11) is 0. The molecule has 6 heterocycles. The van der Waals surface area contributed by atoms with Crippen molar-refractivity contribution in [3.63, 3.8) is 0 Å². The van der Waals surface area contributed by atoms with Crippen molar-refractivity contribution in [1.82, 2.24) is 6.88 Å². The average molecular weight is 803 g/mol. The van der Waals surface area contributed by atoms with Gasteiger partial charge in [0.15, 0.2) is 0 Å². The van der Waals surface area contributed by atoms with Gasteiger partial charge in [0.05, 0.1) is 0 Å². The van der Waals surface area contributed by atoms with Crippen LogP contribution in [-0.4, -0.2) is 59.8 Å². The van der Waals surface area contributed by atoms with Crippen molar-refractivity contribution in [2.45, 2.75) is 6.17 Å². The van der Waals surface area contributed by atoms with Crippen LogP contribution in [0.1, 0.15) is 22.3 Å². The third-order valence-electron chi connectivity index (χ3n) is 12.2. The molecule has 269 valence electrons. The van der Waals surface area contributed by atoms with Crippen molar-refractivity contribution >= 4 is 96.5 Å². The van der Waals surface area contributed by atoms with E-state index < -0.39 is 17.9 Å². The summed E-state index contributed by atoms with van der Waals surface area (Å²) < 4.78 is 4.91. The Labute approximate surface area is 337 Å². The fraction of sp³-hybridized carbons (Fsp3) is 0.0417. The van der Waals surface area contributed by atoms with Gasteiger partial charge in [-0.05, 0) is 0 Å². The normalized spacial score (nSPS) is 18.9. The van der Waals surface area contributed by atoms with Crippen molar-refractivity contribution in [2.24, 2.45) is 35.9 Å². The molecule has 10 heteroatoms. The van der Waals surface area contributed by atoms with Gasteiger partial charge in [-0.1, -0.05) is 0 Å². The molecule has 14 rings (SSSR count). The van der Waals surface area contributed by atoms with Gasteiger partial charge in [-0.2, -0.15) is 0 Å². The van der Waals surface area contributed by atoms with E-state index in [1.165, 1.54) is 10.4 Å². The minimum Gasteiger partial charge on any atom is -0.412 e. The molecule has 0 fully saturated rings. The Balaban J connectivity index is 0.00000350. The summed E-state index contributed by atoms with van der Waals surface area (Å²) in [6.45, 7) is 0. The quantitative estimate of drug-likeness (QED) is 0.196. The summed E-state index contributed by atoms with van der Waals surface area (Å²) >= 11 is -1.72. The molecule has 58 heavy (non-hydrogen) atoms. The Morgan fingerprint density at radius 1 is 0.466 bits per heavy atom. The molecule has 1 aliphatic carbocycles. The molecular weight excluding hydrogens is 774 g/mol. The Kier molecular flexibility index (Phi) is 6.40. The number of rotatable bonds is 0. The number of amidine groups is 4. The molecule has 6 aliphatic rings. The van der Waals surface area contributed by atoms with Crippen LogP contribution in [0.25, 0.3) is 55.2 Å². The summed E-state index contributed by atoms with van der Waals surface area (Å²) in [6, 6.07) is 47.7. The Morgan fingerprint density at radius 2 is 0.914 bits per heavy atom. The minimum absolute atomic E-state index is 0. The van der Waals surface area contributed by atoms with E-state index in [1.54, 1.807) is 0 Å². The van der Waals surface area contributed by atoms with Crippen molar-refractivity contribution in [1.29, 1.82) is 0 Å². The molecule has 2 unspecified atom stereocenters. The van der Waals surface area contributed by atoms with Gasteiger partial charge in [0.2, 0.25) is 0 Å². The van der Waals surface area contributed by atoms with E-state index in [0.717, 1.165) is 87.7 Å². The van der Waals surface area contributed by atoms with Gasteiger partial charge in [0.25, 0.3) is 0 Å². The monoisotopic (exact) mass is 801 g/mol. The molecular formula is C48H28GaN8O. The molecule has 6 bridgehead atoms. The maximum Gasteiger partial charge on any atom is -0.412 e. The van der Waals surface area contributed by atoms with Gasteiger partial charge in [-0.25, -0.2) is 0 Å². The van der Waals surface area contributed by atoms with Crippen molar-refractivity contribution in [3.05, 3.63) is 189 Å². The summed E-state index contributed by atoms with van der Waals surface area (Å²) in [5.41, 5.74) is 6.87. The standard InChI is InChI=1S/C48H26N8.Ga.H2O/c1-2-10-26-18-34-33(17-25(26)9-1)41-49-42(34)54-44-37-21-29-13-5-6-14-30(29)22-38(37)46(51-44)56-48-40-24-32-16-8-7-15-31(32)23-39(40)47(52-48)55-45-36-20-28-12-4-3-11-27(28)19-35(36)43(50-45)53-41;;/h1-24,33,41H;;1H2/q-2;+2;. The zero-order valence-electron chi connectivity index (χ0n) is 30.7. The fourth-order valence-corrected chi connectivity index (χ4v) is 12.8. The number of fused-ring (bicyclic) bond motifs is 17. The number of hydrogen-bond donors (Lipinski definition) is 0. The Hall–Kier alpha value is -6.98. The molecule has 5 aliphatic heterocycles. The summed E-state index contributed by atoms with van der Waals surface area (Å²) in [4.78, 5) is 33.1. The molecule has 2 atom stereocenters. The number of benzene rings is 7. The molecule has 1 aromatic heterocycles. The predicted molar refractivity (Wildman–Crippen MR) is 231 cm³/mol. The smallest absolute Gasteiger partial charge is 0.412 e. The predicted octanol–water partition coefficient (Wildman–Crippen LogP) is 5.08. The van der Waals surface area contributed by atoms with Crippen molar-refractivity contribution in [2.75, 3.05) is 0 Å². The second-order valence-electron chi connectivity index (χ2n) is 15.4. The third-order valence-corrected chi connectivity index (χ3v) is 15.4. The van der Waals surface area contributed by atoms with E-state index in [2.05, 4.69) is 152 Å². The maximum atomic E-state index is 5.68. The number of hydrogen-bond acceptors (Lipinski definition) is 7. The first-order valence-corrected chi connectivity index (χ1v) is 21.4. The topological polar surface area (TPSA) is 114 Å². The summed E-state index contributed by atoms with van der Waals surface area (Å²) in [6.07, 6.45) is 4.43. The number of aromatic nitrogens is 1. The van der Waals surface area contributed by atoms with E-state index >= 15 is 0 Å². The van der Waals surface area contributed by atoms with Crippen molar-refractivity contribution in [3.8, 4) is 0 Å². The van der Waals surface area contributed by atoms with Crippen LogP contribution in [0.5, 0.6) is 0 Å². The Bertz CT molecular complexity index is 3650.